The maximum absolute atomic E-state index is 10.2. The van der Waals surface area contributed by atoms with Crippen molar-refractivity contribution in [2.75, 3.05) is 13.1 Å². The number of oxazole rings is 1. The highest BCUT2D eigenvalue weighted by Gasteiger charge is 2.11. The first-order valence-corrected chi connectivity index (χ1v) is 9.80. The number of hydrogen-bond donors (Lipinski definition) is 3. The third-order valence-corrected chi connectivity index (χ3v) is 5.03. The molecular formula is C19H22ClIN4O2S. The lowest BCUT2D eigenvalue weighted by molar-refractivity contribution is 0.184. The van der Waals surface area contributed by atoms with Gasteiger partial charge in [0.05, 0.1) is 10.9 Å². The van der Waals surface area contributed by atoms with E-state index in [0.29, 0.717) is 35.8 Å². The number of thiophene rings is 1. The number of halogens is 2. The Balaban J connectivity index is 0.00000280. The third-order valence-electron chi connectivity index (χ3n) is 3.70. The van der Waals surface area contributed by atoms with Crippen LogP contribution in [-0.4, -0.2) is 29.1 Å². The quantitative estimate of drug-likeness (QED) is 0.238. The summed E-state index contributed by atoms with van der Waals surface area (Å²) < 4.78 is 6.19. The van der Waals surface area contributed by atoms with Crippen LogP contribution in [0, 0.1) is 0 Å². The van der Waals surface area contributed by atoms with Crippen molar-refractivity contribution in [2.24, 2.45) is 4.99 Å². The van der Waals surface area contributed by atoms with Crippen LogP contribution in [0.2, 0.25) is 4.34 Å². The fourth-order valence-corrected chi connectivity index (χ4v) is 3.44. The van der Waals surface area contributed by atoms with Gasteiger partial charge in [0.1, 0.15) is 18.1 Å². The van der Waals surface area contributed by atoms with Gasteiger partial charge in [0, 0.05) is 23.5 Å². The van der Waals surface area contributed by atoms with Crippen molar-refractivity contribution in [3.8, 4) is 11.5 Å². The summed E-state index contributed by atoms with van der Waals surface area (Å²) in [6.07, 6.45) is 0.959. The monoisotopic (exact) mass is 532 g/mol. The maximum Gasteiger partial charge on any atom is 0.226 e. The van der Waals surface area contributed by atoms with Crippen molar-refractivity contribution in [2.45, 2.75) is 19.6 Å². The molecule has 0 aliphatic carbocycles. The number of aliphatic hydroxyl groups excluding tert-OH is 1. The summed E-state index contributed by atoms with van der Waals surface area (Å²) in [5.41, 5.74) is 1.66. The van der Waals surface area contributed by atoms with E-state index in [9.17, 15) is 5.11 Å². The van der Waals surface area contributed by atoms with Crippen LogP contribution in [0.1, 0.15) is 23.6 Å². The van der Waals surface area contributed by atoms with E-state index in [1.54, 1.807) is 12.3 Å². The minimum absolute atomic E-state index is 0. The molecule has 1 aromatic carbocycles. The van der Waals surface area contributed by atoms with Crippen LogP contribution in [0.3, 0.4) is 0 Å². The number of aliphatic hydroxyl groups is 1. The number of nitrogens with one attached hydrogen (secondary N) is 2. The summed E-state index contributed by atoms with van der Waals surface area (Å²) >= 11 is 7.28. The summed E-state index contributed by atoms with van der Waals surface area (Å²) in [6.45, 7) is 3.39. The normalized spacial score (nSPS) is 12.3. The largest absolute Gasteiger partial charge is 0.444 e. The molecule has 150 valence electrons. The van der Waals surface area contributed by atoms with Crippen molar-refractivity contribution in [3.05, 3.63) is 63.6 Å². The van der Waals surface area contributed by atoms with E-state index < -0.39 is 6.10 Å². The Bertz CT molecular complexity index is 885. The molecule has 0 aliphatic heterocycles. The van der Waals surface area contributed by atoms with Crippen LogP contribution in [0.25, 0.3) is 11.5 Å². The van der Waals surface area contributed by atoms with E-state index in [1.165, 1.54) is 11.3 Å². The summed E-state index contributed by atoms with van der Waals surface area (Å²) in [4.78, 5) is 9.78. The van der Waals surface area contributed by atoms with Gasteiger partial charge in [-0.25, -0.2) is 9.98 Å². The van der Waals surface area contributed by atoms with Gasteiger partial charge in [-0.2, -0.15) is 0 Å². The highest BCUT2D eigenvalue weighted by Crippen LogP contribution is 2.26. The molecule has 0 fully saturated rings. The van der Waals surface area contributed by atoms with Gasteiger partial charge in [-0.05, 0) is 31.2 Å². The van der Waals surface area contributed by atoms with Crippen LogP contribution in [0.5, 0.6) is 0 Å². The summed E-state index contributed by atoms with van der Waals surface area (Å²) in [5, 5.41) is 16.5. The highest BCUT2D eigenvalue weighted by molar-refractivity contribution is 14.0. The van der Waals surface area contributed by atoms with Crippen molar-refractivity contribution in [1.82, 2.24) is 15.6 Å². The van der Waals surface area contributed by atoms with Gasteiger partial charge >= 0.3 is 0 Å². The van der Waals surface area contributed by atoms with Crippen LogP contribution in [0.15, 0.2) is 58.1 Å². The van der Waals surface area contributed by atoms with Crippen molar-refractivity contribution < 1.29 is 9.52 Å². The van der Waals surface area contributed by atoms with Crippen LogP contribution in [-0.2, 0) is 6.54 Å². The first kappa shape index (κ1) is 22.7. The van der Waals surface area contributed by atoms with Crippen molar-refractivity contribution >= 4 is 52.9 Å². The average Bonchev–Trinajstić information content (AvgIpc) is 3.33. The van der Waals surface area contributed by atoms with Gasteiger partial charge in [0.2, 0.25) is 5.89 Å². The van der Waals surface area contributed by atoms with Crippen LogP contribution < -0.4 is 10.6 Å². The molecule has 3 rings (SSSR count). The van der Waals surface area contributed by atoms with E-state index in [2.05, 4.69) is 20.6 Å². The standard InChI is InChI=1S/C19H21ClN4O2S.HI/c1-2-21-19(23-11-15(25)16-8-9-17(20)27-16)22-10-14-12-26-18(24-14)13-6-4-3-5-7-13;/h3-9,12,15,25H,2,10-11H2,1H3,(H2,21,22,23);1H. The molecule has 1 atom stereocenters. The van der Waals surface area contributed by atoms with Crippen molar-refractivity contribution in [3.63, 3.8) is 0 Å². The van der Waals surface area contributed by atoms with Gasteiger partial charge in [-0.3, -0.25) is 0 Å². The van der Waals surface area contributed by atoms with E-state index >= 15 is 0 Å². The summed E-state index contributed by atoms with van der Waals surface area (Å²) in [5.74, 6) is 1.17. The second kappa shape index (κ2) is 11.4. The molecule has 6 nitrogen and oxygen atoms in total. The van der Waals surface area contributed by atoms with E-state index in [0.717, 1.165) is 16.1 Å². The molecule has 0 bridgehead atoms. The first-order valence-electron chi connectivity index (χ1n) is 8.61. The van der Waals surface area contributed by atoms with Crippen LogP contribution >= 0.6 is 46.9 Å². The predicted molar refractivity (Wildman–Crippen MR) is 124 cm³/mol. The summed E-state index contributed by atoms with van der Waals surface area (Å²) in [6, 6.07) is 13.3. The lowest BCUT2D eigenvalue weighted by atomic mass is 10.2. The molecule has 0 amide bonds. The Morgan fingerprint density at radius 1 is 1.25 bits per heavy atom. The fraction of sp³-hybridized carbons (Fsp3) is 0.263. The van der Waals surface area contributed by atoms with Crippen LogP contribution in [0.4, 0.5) is 0 Å². The Labute approximate surface area is 190 Å². The average molecular weight is 533 g/mol. The molecule has 0 aliphatic rings. The molecule has 3 N–H and O–H groups in total. The first-order chi connectivity index (χ1) is 13.2. The maximum atomic E-state index is 10.2. The molecule has 28 heavy (non-hydrogen) atoms. The zero-order chi connectivity index (χ0) is 19.1. The molecule has 0 radical (unpaired) electrons. The zero-order valence-electron chi connectivity index (χ0n) is 15.3. The molecule has 2 heterocycles. The Hall–Kier alpha value is -1.62. The third kappa shape index (κ3) is 6.47. The molecule has 0 spiro atoms. The number of rotatable bonds is 7. The molecule has 2 aromatic heterocycles. The number of aromatic nitrogens is 1. The van der Waals surface area contributed by atoms with Gasteiger partial charge in [-0.15, -0.1) is 35.3 Å². The van der Waals surface area contributed by atoms with Gasteiger partial charge in [0.15, 0.2) is 5.96 Å². The SMILES string of the molecule is CCNC(=NCc1coc(-c2ccccc2)n1)NCC(O)c1ccc(Cl)s1.I. The molecule has 0 saturated heterocycles. The minimum atomic E-state index is -0.650. The Morgan fingerprint density at radius 2 is 2.04 bits per heavy atom. The molecular weight excluding hydrogens is 511 g/mol. The van der Waals surface area contributed by atoms with E-state index in [-0.39, 0.29) is 24.0 Å². The van der Waals surface area contributed by atoms with Gasteiger partial charge in [-0.1, -0.05) is 29.8 Å². The topological polar surface area (TPSA) is 82.7 Å². The lowest BCUT2D eigenvalue weighted by Gasteiger charge is -2.14. The zero-order valence-corrected chi connectivity index (χ0v) is 19.2. The molecule has 1 unspecified atom stereocenters. The Kier molecular flexibility index (Phi) is 9.23. The van der Waals surface area contributed by atoms with Gasteiger partial charge in [0.25, 0.3) is 0 Å². The minimum Gasteiger partial charge on any atom is -0.444 e. The molecule has 0 saturated carbocycles. The number of benzene rings is 1. The second-order valence-electron chi connectivity index (χ2n) is 5.74. The van der Waals surface area contributed by atoms with Crippen molar-refractivity contribution in [1.29, 1.82) is 0 Å². The lowest BCUT2D eigenvalue weighted by Crippen LogP contribution is -2.39. The number of guanidine groups is 1. The van der Waals surface area contributed by atoms with E-state index in [4.69, 9.17) is 16.0 Å². The highest BCUT2D eigenvalue weighted by atomic mass is 127. The fourth-order valence-electron chi connectivity index (χ4n) is 2.40. The van der Waals surface area contributed by atoms with E-state index in [1.807, 2.05) is 43.3 Å². The number of hydrogen-bond acceptors (Lipinski definition) is 5. The molecule has 3 aromatic rings. The Morgan fingerprint density at radius 3 is 2.71 bits per heavy atom. The second-order valence-corrected chi connectivity index (χ2v) is 7.49. The predicted octanol–water partition coefficient (Wildman–Crippen LogP) is 4.46. The molecule has 9 heteroatoms. The number of aliphatic imine (C=N–C) groups is 1. The smallest absolute Gasteiger partial charge is 0.226 e. The van der Waals surface area contributed by atoms with Gasteiger partial charge < -0.3 is 20.2 Å². The number of nitrogens with zero attached hydrogens (tertiary/aromatic N) is 2. The summed E-state index contributed by atoms with van der Waals surface area (Å²) in [7, 11) is 0.